The molecule has 0 spiro atoms. The third-order valence-corrected chi connectivity index (χ3v) is 5.87. The minimum absolute atomic E-state index is 0.00143. The first-order valence-corrected chi connectivity index (χ1v) is 10.3. The summed E-state index contributed by atoms with van der Waals surface area (Å²) in [6, 6.07) is 6.03. The monoisotopic (exact) mass is 453 g/mol. The highest BCUT2D eigenvalue weighted by atomic mass is 32.2. The van der Waals surface area contributed by atoms with Crippen LogP contribution in [0.3, 0.4) is 0 Å². The molecule has 0 amide bonds. The van der Waals surface area contributed by atoms with Gasteiger partial charge in [0.15, 0.2) is 11.6 Å². The van der Waals surface area contributed by atoms with Crippen molar-refractivity contribution in [3.8, 4) is 22.8 Å². The molecular weight excluding hydrogens is 443 g/mol. The van der Waals surface area contributed by atoms with Crippen LogP contribution >= 0.6 is 11.5 Å². The fourth-order valence-electron chi connectivity index (χ4n) is 2.51. The van der Waals surface area contributed by atoms with E-state index in [0.717, 1.165) is 30.0 Å². The van der Waals surface area contributed by atoms with Crippen molar-refractivity contribution >= 4 is 26.7 Å². The molecule has 0 saturated heterocycles. The van der Waals surface area contributed by atoms with Crippen LogP contribution in [0.15, 0.2) is 53.8 Å². The van der Waals surface area contributed by atoms with Crippen LogP contribution in [0.1, 0.15) is 0 Å². The minimum Gasteiger partial charge on any atom is -0.453 e. The first-order chi connectivity index (χ1) is 14.3. The highest BCUT2D eigenvalue weighted by molar-refractivity contribution is 7.93. The van der Waals surface area contributed by atoms with E-state index in [-0.39, 0.29) is 16.4 Å². The molecule has 0 atom stereocenters. The number of ether oxygens (including phenoxy) is 1. The molecule has 2 heterocycles. The Bertz CT molecular complexity index is 1300. The van der Waals surface area contributed by atoms with Crippen molar-refractivity contribution in [1.82, 2.24) is 19.6 Å². The summed E-state index contributed by atoms with van der Waals surface area (Å²) < 4.78 is 78.4. The van der Waals surface area contributed by atoms with Gasteiger partial charge in [-0.25, -0.2) is 26.6 Å². The number of aromatic nitrogens is 4. The number of sulfonamides is 1. The molecule has 4 aromatic rings. The Hall–Kier alpha value is -3.45. The van der Waals surface area contributed by atoms with Gasteiger partial charge in [0.1, 0.15) is 28.6 Å². The van der Waals surface area contributed by atoms with E-state index in [2.05, 4.69) is 19.6 Å². The normalized spacial score (nSPS) is 11.4. The van der Waals surface area contributed by atoms with Gasteiger partial charge in [-0.3, -0.25) is 9.82 Å². The van der Waals surface area contributed by atoms with Crippen LogP contribution in [0.2, 0.25) is 0 Å². The van der Waals surface area contributed by atoms with Gasteiger partial charge >= 0.3 is 0 Å². The second kappa shape index (κ2) is 7.76. The maximum Gasteiger partial charge on any atom is 0.266 e. The number of rotatable bonds is 6. The van der Waals surface area contributed by atoms with Gasteiger partial charge in [0.05, 0.1) is 5.69 Å². The van der Waals surface area contributed by atoms with E-state index in [0.29, 0.717) is 17.8 Å². The number of anilines is 1. The molecule has 4 rings (SSSR count). The zero-order valence-electron chi connectivity index (χ0n) is 14.6. The van der Waals surface area contributed by atoms with E-state index in [4.69, 9.17) is 4.74 Å². The predicted molar refractivity (Wildman–Crippen MR) is 101 cm³/mol. The van der Waals surface area contributed by atoms with Crippen LogP contribution in [0.5, 0.6) is 11.5 Å². The highest BCUT2D eigenvalue weighted by Gasteiger charge is 2.24. The molecule has 2 aromatic carbocycles. The van der Waals surface area contributed by atoms with Gasteiger partial charge in [0.2, 0.25) is 5.13 Å². The zero-order valence-corrected chi connectivity index (χ0v) is 16.3. The van der Waals surface area contributed by atoms with E-state index in [1.54, 1.807) is 0 Å². The maximum absolute atomic E-state index is 14.6. The molecule has 30 heavy (non-hydrogen) atoms. The fourth-order valence-corrected chi connectivity index (χ4v) is 4.24. The van der Waals surface area contributed by atoms with E-state index < -0.39 is 38.1 Å². The van der Waals surface area contributed by atoms with Crippen LogP contribution in [0, 0.1) is 17.5 Å². The molecule has 13 heteroatoms. The lowest BCUT2D eigenvalue weighted by Crippen LogP contribution is -2.15. The average molecular weight is 453 g/mol. The average Bonchev–Trinajstić information content (AvgIpc) is 3.39. The summed E-state index contributed by atoms with van der Waals surface area (Å²) in [5.74, 6) is -3.57. The largest absolute Gasteiger partial charge is 0.453 e. The molecule has 154 valence electrons. The number of hydrogen-bond acceptors (Lipinski definition) is 7. The second-order valence-electron chi connectivity index (χ2n) is 5.78. The molecule has 0 unspecified atom stereocenters. The molecule has 0 radical (unpaired) electrons. The number of aromatic amines is 1. The Kier molecular flexibility index (Phi) is 5.13. The minimum atomic E-state index is -4.45. The number of nitrogens with zero attached hydrogens (tertiary/aromatic N) is 3. The maximum atomic E-state index is 14.6. The Morgan fingerprint density at radius 1 is 1.03 bits per heavy atom. The van der Waals surface area contributed by atoms with Gasteiger partial charge in [-0.15, -0.1) is 0 Å². The number of benzene rings is 2. The number of halogens is 3. The number of nitrogens with one attached hydrogen (secondary N) is 2. The molecule has 0 bridgehead atoms. The standard InChI is InChI=1S/C17H10F3N5O3S2/c18-9-1-2-14(10(5-9)13-3-4-22-24-13)28-15-6-12(20)16(7-11(15)19)30(26,27)25-17-21-8-23-29-17/h1-8H,(H,22,24)(H,21,23,25). The first-order valence-electron chi connectivity index (χ1n) is 8.09. The van der Waals surface area contributed by atoms with Gasteiger partial charge < -0.3 is 4.74 Å². The van der Waals surface area contributed by atoms with Gasteiger partial charge in [0.25, 0.3) is 10.0 Å². The van der Waals surface area contributed by atoms with Crippen LogP contribution in [0.4, 0.5) is 18.3 Å². The summed E-state index contributed by atoms with van der Waals surface area (Å²) in [6.07, 6.45) is 2.53. The summed E-state index contributed by atoms with van der Waals surface area (Å²) in [6.45, 7) is 0. The third kappa shape index (κ3) is 3.97. The summed E-state index contributed by atoms with van der Waals surface area (Å²) in [4.78, 5) is 2.70. The molecule has 0 aliphatic heterocycles. The van der Waals surface area contributed by atoms with E-state index >= 15 is 0 Å². The lowest BCUT2D eigenvalue weighted by Gasteiger charge is -2.13. The van der Waals surface area contributed by atoms with E-state index in [1.807, 2.05) is 4.72 Å². The van der Waals surface area contributed by atoms with Crippen LogP contribution in [-0.4, -0.2) is 28.0 Å². The summed E-state index contributed by atoms with van der Waals surface area (Å²) in [5.41, 5.74) is 0.591. The predicted octanol–water partition coefficient (Wildman–Crippen LogP) is 3.94. The molecule has 2 N–H and O–H groups in total. The SMILES string of the molecule is O=S(=O)(Nc1ncns1)c1cc(F)c(Oc2ccc(F)cc2-c2ccn[nH]2)cc1F. The van der Waals surface area contributed by atoms with Gasteiger partial charge in [0, 0.05) is 35.4 Å². The lowest BCUT2D eigenvalue weighted by molar-refractivity contribution is 0.432. The van der Waals surface area contributed by atoms with Crippen molar-refractivity contribution in [3.63, 3.8) is 0 Å². The fraction of sp³-hybridized carbons (Fsp3) is 0. The van der Waals surface area contributed by atoms with E-state index in [1.165, 1.54) is 18.3 Å². The summed E-state index contributed by atoms with van der Waals surface area (Å²) in [5, 5.41) is 6.27. The third-order valence-electron chi connectivity index (χ3n) is 3.81. The molecule has 8 nitrogen and oxygen atoms in total. The molecule has 0 saturated carbocycles. The number of H-pyrrole nitrogens is 1. The molecule has 0 aliphatic rings. The smallest absolute Gasteiger partial charge is 0.266 e. The summed E-state index contributed by atoms with van der Waals surface area (Å²) >= 11 is 0.730. The Labute approximate surface area is 171 Å². The molecular formula is C17H10F3N5O3S2. The highest BCUT2D eigenvalue weighted by Crippen LogP contribution is 2.35. The Balaban J connectivity index is 1.69. The number of hydrogen-bond donors (Lipinski definition) is 2. The first kappa shape index (κ1) is 19.8. The van der Waals surface area contributed by atoms with Crippen molar-refractivity contribution in [2.75, 3.05) is 4.72 Å². The molecule has 0 fully saturated rings. The summed E-state index contributed by atoms with van der Waals surface area (Å²) in [7, 11) is -4.45. The van der Waals surface area contributed by atoms with Crippen LogP contribution < -0.4 is 9.46 Å². The molecule has 0 aliphatic carbocycles. The van der Waals surface area contributed by atoms with Crippen molar-refractivity contribution in [2.24, 2.45) is 0 Å². The van der Waals surface area contributed by atoms with Crippen LogP contribution in [-0.2, 0) is 10.0 Å². The van der Waals surface area contributed by atoms with Crippen molar-refractivity contribution in [3.05, 3.63) is 66.4 Å². The second-order valence-corrected chi connectivity index (χ2v) is 8.21. The lowest BCUT2D eigenvalue weighted by atomic mass is 10.1. The quantitative estimate of drug-likeness (QED) is 0.458. The topological polar surface area (TPSA) is 110 Å². The van der Waals surface area contributed by atoms with Gasteiger partial charge in [-0.1, -0.05) is 0 Å². The Morgan fingerprint density at radius 3 is 2.57 bits per heavy atom. The van der Waals surface area contributed by atoms with Gasteiger partial charge in [-0.2, -0.15) is 9.47 Å². The Morgan fingerprint density at radius 2 is 1.87 bits per heavy atom. The van der Waals surface area contributed by atoms with Crippen molar-refractivity contribution in [1.29, 1.82) is 0 Å². The van der Waals surface area contributed by atoms with Gasteiger partial charge in [-0.05, 0) is 24.3 Å². The van der Waals surface area contributed by atoms with Crippen molar-refractivity contribution < 1.29 is 26.3 Å². The molecule has 2 aromatic heterocycles. The zero-order chi connectivity index (χ0) is 21.3. The van der Waals surface area contributed by atoms with E-state index in [9.17, 15) is 21.6 Å². The van der Waals surface area contributed by atoms with Crippen LogP contribution in [0.25, 0.3) is 11.3 Å². The van der Waals surface area contributed by atoms with Crippen molar-refractivity contribution in [2.45, 2.75) is 4.90 Å².